The summed E-state index contributed by atoms with van der Waals surface area (Å²) in [5, 5.41) is 8.82. The first-order valence-electron chi connectivity index (χ1n) is 11.1. The van der Waals surface area contributed by atoms with Crippen LogP contribution in [-0.2, 0) is 16.1 Å². The van der Waals surface area contributed by atoms with Crippen LogP contribution in [-0.4, -0.2) is 37.6 Å². The van der Waals surface area contributed by atoms with Crippen molar-refractivity contribution in [3.63, 3.8) is 0 Å². The molecule has 1 atom stereocenters. The summed E-state index contributed by atoms with van der Waals surface area (Å²) in [6.07, 6.45) is -3.61. The highest BCUT2D eigenvalue weighted by Crippen LogP contribution is 2.35. The van der Waals surface area contributed by atoms with Crippen LogP contribution in [0.4, 0.5) is 30.2 Å². The van der Waals surface area contributed by atoms with Gasteiger partial charge in [-0.25, -0.2) is 0 Å². The van der Waals surface area contributed by atoms with Gasteiger partial charge in [0.15, 0.2) is 0 Å². The molecular weight excluding hydrogens is 433 g/mol. The highest BCUT2D eigenvalue weighted by Gasteiger charge is 2.41. The molecule has 0 aromatic heterocycles. The van der Waals surface area contributed by atoms with Crippen LogP contribution in [0.1, 0.15) is 24.8 Å². The zero-order valence-electron chi connectivity index (χ0n) is 18.1. The van der Waals surface area contributed by atoms with Crippen molar-refractivity contribution < 1.29 is 22.8 Å². The molecule has 3 N–H and O–H groups in total. The average molecular weight is 461 g/mol. The summed E-state index contributed by atoms with van der Waals surface area (Å²) in [5.41, 5.74) is 3.63. The molecule has 2 aliphatic heterocycles. The van der Waals surface area contributed by atoms with Gasteiger partial charge >= 0.3 is 6.18 Å². The summed E-state index contributed by atoms with van der Waals surface area (Å²) in [5.74, 6) is -1.73. The van der Waals surface area contributed by atoms with Crippen molar-refractivity contribution in [1.82, 2.24) is 10.6 Å². The Kier molecular flexibility index (Phi) is 6.76. The maximum absolute atomic E-state index is 12.9. The predicted molar refractivity (Wildman–Crippen MR) is 120 cm³/mol. The Balaban J connectivity index is 1.25. The van der Waals surface area contributed by atoms with Crippen LogP contribution in [0.15, 0.2) is 48.5 Å². The summed E-state index contributed by atoms with van der Waals surface area (Å²) >= 11 is 0. The number of anilines is 3. The minimum absolute atomic E-state index is 0.0929. The Morgan fingerprint density at radius 1 is 1.00 bits per heavy atom. The van der Waals surface area contributed by atoms with Crippen LogP contribution in [0, 0.1) is 11.8 Å². The van der Waals surface area contributed by atoms with E-state index in [0.717, 1.165) is 22.6 Å². The summed E-state index contributed by atoms with van der Waals surface area (Å²) in [6.45, 7) is 1.59. The van der Waals surface area contributed by atoms with Gasteiger partial charge in [-0.2, -0.15) is 13.2 Å². The topological polar surface area (TPSA) is 73.5 Å². The fraction of sp³-hybridized carbons (Fsp3) is 0.417. The lowest BCUT2D eigenvalue weighted by molar-refractivity contribution is -0.179. The minimum Gasteiger partial charge on any atom is -0.372 e. The fourth-order valence-corrected chi connectivity index (χ4v) is 4.22. The highest BCUT2D eigenvalue weighted by atomic mass is 19.4. The number of hydrogen-bond donors (Lipinski definition) is 3. The van der Waals surface area contributed by atoms with E-state index in [1.165, 1.54) is 0 Å². The van der Waals surface area contributed by atoms with Crippen LogP contribution < -0.4 is 20.9 Å². The van der Waals surface area contributed by atoms with Gasteiger partial charge < -0.3 is 20.9 Å². The van der Waals surface area contributed by atoms with E-state index >= 15 is 0 Å². The molecule has 2 saturated heterocycles. The smallest absolute Gasteiger partial charge is 0.372 e. The van der Waals surface area contributed by atoms with E-state index in [1.54, 1.807) is 0 Å². The molecule has 0 spiro atoms. The number of amides is 2. The molecule has 0 radical (unpaired) electrons. The lowest BCUT2D eigenvalue weighted by Crippen LogP contribution is -2.38. The Morgan fingerprint density at radius 3 is 2.15 bits per heavy atom. The summed E-state index contributed by atoms with van der Waals surface area (Å²) < 4.78 is 38.6. The number of halogens is 3. The van der Waals surface area contributed by atoms with Gasteiger partial charge in [0.2, 0.25) is 11.8 Å². The second-order valence-corrected chi connectivity index (χ2v) is 8.59. The van der Waals surface area contributed by atoms with Crippen LogP contribution >= 0.6 is 0 Å². The van der Waals surface area contributed by atoms with Crippen molar-refractivity contribution in [2.75, 3.05) is 29.9 Å². The first-order valence-corrected chi connectivity index (χ1v) is 11.1. The van der Waals surface area contributed by atoms with Crippen LogP contribution in [0.3, 0.4) is 0 Å². The molecule has 0 bridgehead atoms. The number of carbonyl (C=O) groups is 2. The molecule has 4 rings (SSSR count). The Morgan fingerprint density at radius 2 is 1.61 bits per heavy atom. The second-order valence-electron chi connectivity index (χ2n) is 8.59. The fourth-order valence-electron chi connectivity index (χ4n) is 4.22. The van der Waals surface area contributed by atoms with Gasteiger partial charge in [-0.15, -0.1) is 0 Å². The van der Waals surface area contributed by atoms with Crippen molar-refractivity contribution in [3.05, 3.63) is 54.1 Å². The van der Waals surface area contributed by atoms with E-state index < -0.39 is 12.1 Å². The van der Waals surface area contributed by atoms with Crippen LogP contribution in [0.25, 0.3) is 0 Å². The summed E-state index contributed by atoms with van der Waals surface area (Å²) in [7, 11) is 0. The number of carbonyl (C=O) groups excluding carboxylic acids is 2. The van der Waals surface area contributed by atoms with E-state index in [-0.39, 0.29) is 37.0 Å². The van der Waals surface area contributed by atoms with Gasteiger partial charge in [-0.05, 0) is 54.8 Å². The third kappa shape index (κ3) is 5.97. The van der Waals surface area contributed by atoms with Crippen molar-refractivity contribution in [1.29, 1.82) is 0 Å². The van der Waals surface area contributed by atoms with Gasteiger partial charge in [-0.3, -0.25) is 9.59 Å². The molecule has 6 nitrogen and oxygen atoms in total. The van der Waals surface area contributed by atoms with E-state index in [0.29, 0.717) is 26.2 Å². The standard InChI is InChI=1S/C24H27F3N4O2/c25-24(26,27)18-9-11-31(12-10-18)21-7-5-20(6-8-21)30-19-3-1-16(2-4-19)14-29-23(33)17-13-22(32)28-15-17/h1-8,17-18,30H,9-15H2,(H,28,32)(H,29,33). The highest BCUT2D eigenvalue weighted by molar-refractivity contribution is 5.89. The molecular formula is C24H27F3N4O2. The van der Waals surface area contributed by atoms with Crippen molar-refractivity contribution >= 4 is 28.9 Å². The SMILES string of the molecule is O=C1CC(C(=O)NCc2ccc(Nc3ccc(N4CCC(C(F)(F)F)CC4)cc3)cc2)CN1. The normalized spacial score (nSPS) is 19.3. The zero-order chi connectivity index (χ0) is 23.4. The Bertz CT molecular complexity index is 969. The molecule has 2 fully saturated rings. The Hall–Kier alpha value is -3.23. The first kappa shape index (κ1) is 22.9. The predicted octanol–water partition coefficient (Wildman–Crippen LogP) is 3.96. The molecule has 9 heteroatoms. The van der Waals surface area contributed by atoms with Gasteiger partial charge in [0.1, 0.15) is 0 Å². The van der Waals surface area contributed by atoms with Gasteiger partial charge in [-0.1, -0.05) is 12.1 Å². The lowest BCUT2D eigenvalue weighted by atomic mass is 9.96. The number of rotatable bonds is 6. The molecule has 0 aliphatic carbocycles. The monoisotopic (exact) mass is 460 g/mol. The first-order chi connectivity index (χ1) is 15.8. The number of piperidine rings is 1. The van der Waals surface area contributed by atoms with E-state index in [9.17, 15) is 22.8 Å². The molecule has 2 aliphatic rings. The maximum Gasteiger partial charge on any atom is 0.391 e. The quantitative estimate of drug-likeness (QED) is 0.610. The molecule has 2 amide bonds. The third-order valence-electron chi connectivity index (χ3n) is 6.25. The van der Waals surface area contributed by atoms with Gasteiger partial charge in [0.05, 0.1) is 11.8 Å². The van der Waals surface area contributed by atoms with E-state index in [1.807, 2.05) is 53.4 Å². The second kappa shape index (κ2) is 9.72. The number of nitrogens with zero attached hydrogens (tertiary/aromatic N) is 1. The third-order valence-corrected chi connectivity index (χ3v) is 6.25. The number of benzene rings is 2. The Labute approximate surface area is 190 Å². The summed E-state index contributed by atoms with van der Waals surface area (Å²) in [6, 6.07) is 15.3. The van der Waals surface area contributed by atoms with Gasteiger partial charge in [0, 0.05) is 49.7 Å². The van der Waals surface area contributed by atoms with E-state index in [4.69, 9.17) is 0 Å². The van der Waals surface area contributed by atoms with Gasteiger partial charge in [0.25, 0.3) is 0 Å². The number of hydrogen-bond acceptors (Lipinski definition) is 4. The maximum atomic E-state index is 12.9. The zero-order valence-corrected chi connectivity index (χ0v) is 18.1. The molecule has 2 heterocycles. The molecule has 33 heavy (non-hydrogen) atoms. The van der Waals surface area contributed by atoms with Crippen molar-refractivity contribution in [2.45, 2.75) is 32.0 Å². The van der Waals surface area contributed by atoms with E-state index in [2.05, 4.69) is 16.0 Å². The number of nitrogens with one attached hydrogen (secondary N) is 3. The number of alkyl halides is 3. The molecule has 2 aromatic rings. The molecule has 0 saturated carbocycles. The minimum atomic E-state index is -4.10. The van der Waals surface area contributed by atoms with Crippen LogP contribution in [0.5, 0.6) is 0 Å². The summed E-state index contributed by atoms with van der Waals surface area (Å²) in [4.78, 5) is 25.3. The lowest BCUT2D eigenvalue weighted by Gasteiger charge is -2.34. The average Bonchev–Trinajstić information content (AvgIpc) is 3.25. The molecule has 176 valence electrons. The molecule has 2 aromatic carbocycles. The van der Waals surface area contributed by atoms with Crippen LogP contribution in [0.2, 0.25) is 0 Å². The largest absolute Gasteiger partial charge is 0.391 e. The van der Waals surface area contributed by atoms with Crippen molar-refractivity contribution in [2.24, 2.45) is 11.8 Å². The molecule has 1 unspecified atom stereocenters. The van der Waals surface area contributed by atoms with Crippen molar-refractivity contribution in [3.8, 4) is 0 Å².